The first-order valence-corrected chi connectivity index (χ1v) is 10.2. The number of amides is 2. The fraction of sp³-hybridized carbons (Fsp3) is 0.667. The van der Waals surface area contributed by atoms with Crippen molar-refractivity contribution in [3.8, 4) is 5.88 Å². The van der Waals surface area contributed by atoms with E-state index in [2.05, 4.69) is 9.88 Å². The highest BCUT2D eigenvalue weighted by Gasteiger charge is 2.44. The minimum absolute atomic E-state index is 0.0408. The van der Waals surface area contributed by atoms with Crippen molar-refractivity contribution in [1.82, 2.24) is 14.8 Å². The molecule has 0 bridgehead atoms. The molecule has 4 rings (SSSR count). The van der Waals surface area contributed by atoms with Crippen LogP contribution in [0, 0.1) is 5.41 Å². The lowest BCUT2D eigenvalue weighted by atomic mass is 9.73. The Morgan fingerprint density at radius 1 is 1.22 bits per heavy atom. The lowest BCUT2D eigenvalue weighted by Crippen LogP contribution is -2.56. The highest BCUT2D eigenvalue weighted by Crippen LogP contribution is 2.41. The third-order valence-corrected chi connectivity index (χ3v) is 6.60. The van der Waals surface area contributed by atoms with Gasteiger partial charge in [0.25, 0.3) is 5.91 Å². The Morgan fingerprint density at radius 3 is 2.81 bits per heavy atom. The van der Waals surface area contributed by atoms with E-state index in [4.69, 9.17) is 4.74 Å². The predicted octanol–water partition coefficient (Wildman–Crippen LogP) is 2.88. The van der Waals surface area contributed by atoms with Gasteiger partial charge < -0.3 is 14.5 Å². The number of ether oxygens (including phenoxy) is 1. The smallest absolute Gasteiger partial charge is 0.254 e. The number of likely N-dealkylation sites (tertiary alicyclic amines) is 2. The van der Waals surface area contributed by atoms with Gasteiger partial charge in [-0.25, -0.2) is 4.98 Å². The normalized spacial score (nSPS) is 26.6. The summed E-state index contributed by atoms with van der Waals surface area (Å²) in [4.78, 5) is 33.8. The van der Waals surface area contributed by atoms with Crippen molar-refractivity contribution in [1.29, 1.82) is 0 Å². The van der Waals surface area contributed by atoms with Gasteiger partial charge in [0.2, 0.25) is 11.8 Å². The van der Waals surface area contributed by atoms with E-state index in [0.717, 1.165) is 51.7 Å². The van der Waals surface area contributed by atoms with Crippen molar-refractivity contribution < 1.29 is 14.3 Å². The maximum atomic E-state index is 13.1. The van der Waals surface area contributed by atoms with E-state index in [9.17, 15) is 9.59 Å². The number of hydrogen-bond acceptors (Lipinski definition) is 4. The molecule has 0 unspecified atom stereocenters. The molecule has 1 aromatic rings. The summed E-state index contributed by atoms with van der Waals surface area (Å²) in [6, 6.07) is 3.88. The van der Waals surface area contributed by atoms with Gasteiger partial charge in [0.15, 0.2) is 0 Å². The molecule has 1 spiro atoms. The summed E-state index contributed by atoms with van der Waals surface area (Å²) in [5.41, 5.74) is 0.681. The molecule has 6 heteroatoms. The van der Waals surface area contributed by atoms with Crippen molar-refractivity contribution >= 4 is 11.8 Å². The number of carbonyl (C=O) groups excluding carboxylic acids is 2. The van der Waals surface area contributed by atoms with Crippen molar-refractivity contribution in [3.05, 3.63) is 23.9 Å². The minimum atomic E-state index is 0.0408. The topological polar surface area (TPSA) is 62.7 Å². The molecule has 2 amide bonds. The summed E-state index contributed by atoms with van der Waals surface area (Å²) < 4.78 is 5.16. The molecule has 27 heavy (non-hydrogen) atoms. The summed E-state index contributed by atoms with van der Waals surface area (Å²) in [6.45, 7) is 2.34. The molecule has 1 atom stereocenters. The van der Waals surface area contributed by atoms with Gasteiger partial charge in [-0.2, -0.15) is 0 Å². The Kier molecular flexibility index (Phi) is 5.06. The second-order valence-electron chi connectivity index (χ2n) is 8.38. The number of carbonyl (C=O) groups is 2. The molecule has 3 fully saturated rings. The second-order valence-corrected chi connectivity index (χ2v) is 8.38. The van der Waals surface area contributed by atoms with Gasteiger partial charge in [0.1, 0.15) is 0 Å². The molecule has 3 aliphatic rings. The van der Waals surface area contributed by atoms with Gasteiger partial charge >= 0.3 is 0 Å². The van der Waals surface area contributed by atoms with E-state index in [1.165, 1.54) is 12.8 Å². The highest BCUT2D eigenvalue weighted by atomic mass is 16.5. The zero-order valence-electron chi connectivity index (χ0n) is 16.2. The number of aromatic nitrogens is 1. The average Bonchev–Trinajstić information content (AvgIpc) is 3.24. The first-order valence-electron chi connectivity index (χ1n) is 10.2. The van der Waals surface area contributed by atoms with Crippen LogP contribution in [0.3, 0.4) is 0 Å². The monoisotopic (exact) mass is 371 g/mol. The Balaban J connectivity index is 1.49. The van der Waals surface area contributed by atoms with E-state index >= 15 is 0 Å². The summed E-state index contributed by atoms with van der Waals surface area (Å²) in [6.07, 6.45) is 10.00. The van der Waals surface area contributed by atoms with Crippen LogP contribution in [0.5, 0.6) is 5.88 Å². The molecule has 2 aliphatic heterocycles. The van der Waals surface area contributed by atoms with Crippen LogP contribution in [0.2, 0.25) is 0 Å². The molecule has 2 saturated heterocycles. The van der Waals surface area contributed by atoms with E-state index in [0.29, 0.717) is 29.8 Å². The van der Waals surface area contributed by atoms with Crippen LogP contribution in [-0.4, -0.2) is 59.4 Å². The van der Waals surface area contributed by atoms with Crippen LogP contribution < -0.4 is 4.74 Å². The zero-order chi connectivity index (χ0) is 18.9. The number of rotatable bonds is 3. The first kappa shape index (κ1) is 18.3. The van der Waals surface area contributed by atoms with E-state index in [1.54, 1.807) is 25.4 Å². The third kappa shape index (κ3) is 3.66. The van der Waals surface area contributed by atoms with E-state index in [1.807, 2.05) is 4.90 Å². The predicted molar refractivity (Wildman–Crippen MR) is 102 cm³/mol. The quantitative estimate of drug-likeness (QED) is 0.820. The summed E-state index contributed by atoms with van der Waals surface area (Å²) in [5, 5.41) is 0. The first-order chi connectivity index (χ1) is 13.1. The van der Waals surface area contributed by atoms with E-state index < -0.39 is 0 Å². The molecule has 0 aromatic carbocycles. The van der Waals surface area contributed by atoms with Crippen LogP contribution >= 0.6 is 0 Å². The second kappa shape index (κ2) is 7.49. The molecule has 6 nitrogen and oxygen atoms in total. The molecule has 0 N–H and O–H groups in total. The molecule has 146 valence electrons. The molecular weight excluding hydrogens is 342 g/mol. The Labute approximate surface area is 160 Å². The van der Waals surface area contributed by atoms with Gasteiger partial charge in [0, 0.05) is 55.3 Å². The number of pyridine rings is 1. The number of nitrogens with zero attached hydrogens (tertiary/aromatic N) is 3. The fourth-order valence-corrected chi connectivity index (χ4v) is 5.14. The molecule has 0 radical (unpaired) electrons. The van der Waals surface area contributed by atoms with Crippen LogP contribution in [-0.2, 0) is 4.79 Å². The zero-order valence-corrected chi connectivity index (χ0v) is 16.2. The number of methoxy groups -OCH3 is 1. The highest BCUT2D eigenvalue weighted by molar-refractivity contribution is 5.94. The van der Waals surface area contributed by atoms with Crippen molar-refractivity contribution in [2.75, 3.05) is 26.7 Å². The minimum Gasteiger partial charge on any atom is -0.481 e. The molecule has 3 heterocycles. The fourth-order valence-electron chi connectivity index (χ4n) is 5.14. The summed E-state index contributed by atoms with van der Waals surface area (Å²) in [7, 11) is 1.56. The van der Waals surface area contributed by atoms with Crippen LogP contribution in [0.25, 0.3) is 0 Å². The lowest BCUT2D eigenvalue weighted by Gasteiger charge is -2.49. The molecule has 1 aliphatic carbocycles. The molecule has 1 saturated carbocycles. The average molecular weight is 371 g/mol. The van der Waals surface area contributed by atoms with Crippen molar-refractivity contribution in [2.45, 2.75) is 57.4 Å². The van der Waals surface area contributed by atoms with Crippen LogP contribution in [0.1, 0.15) is 61.7 Å². The maximum Gasteiger partial charge on any atom is 0.254 e. The van der Waals surface area contributed by atoms with Gasteiger partial charge in [-0.1, -0.05) is 12.8 Å². The Morgan fingerprint density at radius 2 is 2.04 bits per heavy atom. The molecule has 1 aromatic heterocycles. The third-order valence-electron chi connectivity index (χ3n) is 6.60. The van der Waals surface area contributed by atoms with Gasteiger partial charge in [0.05, 0.1) is 7.11 Å². The van der Waals surface area contributed by atoms with Gasteiger partial charge in [-0.05, 0) is 38.2 Å². The Bertz CT molecular complexity index is 716. The summed E-state index contributed by atoms with van der Waals surface area (Å²) >= 11 is 0. The van der Waals surface area contributed by atoms with Crippen LogP contribution in [0.4, 0.5) is 0 Å². The maximum absolute atomic E-state index is 13.1. The summed E-state index contributed by atoms with van der Waals surface area (Å²) in [5.74, 6) is 0.817. The van der Waals surface area contributed by atoms with Gasteiger partial charge in [-0.3, -0.25) is 9.59 Å². The van der Waals surface area contributed by atoms with Gasteiger partial charge in [-0.15, -0.1) is 0 Å². The van der Waals surface area contributed by atoms with Crippen LogP contribution in [0.15, 0.2) is 18.3 Å². The standard InChI is InChI=1S/C21H29N3O3/c1-27-18-13-16(8-11-22-18)20(26)23-12-4-9-21(14-23)10-7-19(25)24(15-21)17-5-2-3-6-17/h8,11,13,17H,2-7,9-10,12,14-15H2,1H3/t21-/m1/s1. The Hall–Kier alpha value is -2.11. The largest absolute Gasteiger partial charge is 0.481 e. The van der Waals surface area contributed by atoms with Crippen molar-refractivity contribution in [2.24, 2.45) is 5.41 Å². The van der Waals surface area contributed by atoms with E-state index in [-0.39, 0.29) is 11.3 Å². The number of hydrogen-bond donors (Lipinski definition) is 0. The SMILES string of the molecule is COc1cc(C(=O)N2CCC[C@@]3(CCC(=O)N(C4CCCC4)C3)C2)ccn1. The number of piperidine rings is 2. The lowest BCUT2D eigenvalue weighted by molar-refractivity contribution is -0.142. The molecular formula is C21H29N3O3. The van der Waals surface area contributed by atoms with Crippen molar-refractivity contribution in [3.63, 3.8) is 0 Å².